The molecular weight excluding hydrogens is 381 g/mol. The Hall–Kier alpha value is -2.28. The van der Waals surface area contributed by atoms with Gasteiger partial charge in [-0.2, -0.15) is 13.2 Å². The van der Waals surface area contributed by atoms with Gasteiger partial charge in [-0.3, -0.25) is 4.79 Å². The fourth-order valence-electron chi connectivity index (χ4n) is 2.97. The van der Waals surface area contributed by atoms with E-state index in [-0.39, 0.29) is 17.9 Å². The number of pyridine rings is 1. The molecule has 1 fully saturated rings. The number of hydrogen-bond donors (Lipinski definition) is 0. The molecule has 0 spiro atoms. The van der Waals surface area contributed by atoms with Gasteiger partial charge in [0.2, 0.25) is 11.8 Å². The Balaban J connectivity index is 1.52. The van der Waals surface area contributed by atoms with Crippen molar-refractivity contribution in [2.45, 2.75) is 31.5 Å². The zero-order valence-electron chi connectivity index (χ0n) is 14.4. The number of amides is 1. The van der Waals surface area contributed by atoms with E-state index in [1.807, 2.05) is 18.2 Å². The molecular formula is C19H18ClF3N2O2. The van der Waals surface area contributed by atoms with Gasteiger partial charge >= 0.3 is 6.18 Å². The van der Waals surface area contributed by atoms with E-state index in [4.69, 9.17) is 16.3 Å². The standard InChI is InChI=1S/C19H18ClF3N2O2/c20-15-3-1-2-13(10-15)4-5-18(26)25-9-7-16(12-25)27-17-11-14(6-8-24-17)19(21,22)23/h1-3,6,8,10-11,16H,4-5,7,9,12H2/t16-/m0/s1. The van der Waals surface area contributed by atoms with Gasteiger partial charge in [0.1, 0.15) is 6.10 Å². The van der Waals surface area contributed by atoms with Gasteiger partial charge in [-0.25, -0.2) is 4.98 Å². The van der Waals surface area contributed by atoms with Crippen LogP contribution in [0, 0.1) is 0 Å². The third-order valence-corrected chi connectivity index (χ3v) is 4.60. The predicted molar refractivity (Wildman–Crippen MR) is 94.6 cm³/mol. The molecule has 8 heteroatoms. The Morgan fingerprint density at radius 3 is 2.85 bits per heavy atom. The second kappa shape index (κ2) is 8.17. The maximum absolute atomic E-state index is 12.8. The summed E-state index contributed by atoms with van der Waals surface area (Å²) in [6.45, 7) is 0.852. The van der Waals surface area contributed by atoms with Gasteiger partial charge in [-0.05, 0) is 30.2 Å². The molecule has 27 heavy (non-hydrogen) atoms. The van der Waals surface area contributed by atoms with Crippen LogP contribution in [0.25, 0.3) is 0 Å². The molecule has 1 aromatic carbocycles. The van der Waals surface area contributed by atoms with Crippen LogP contribution >= 0.6 is 11.6 Å². The number of carbonyl (C=O) groups excluding carboxylic acids is 1. The maximum Gasteiger partial charge on any atom is 0.416 e. The van der Waals surface area contributed by atoms with Crippen LogP contribution in [0.3, 0.4) is 0 Å². The van der Waals surface area contributed by atoms with Crippen LogP contribution in [0.5, 0.6) is 5.88 Å². The minimum absolute atomic E-state index is 0.0157. The number of nitrogens with zero attached hydrogens (tertiary/aromatic N) is 2. The summed E-state index contributed by atoms with van der Waals surface area (Å²) in [5, 5.41) is 0.628. The summed E-state index contributed by atoms with van der Waals surface area (Å²) in [5.41, 5.74) is 0.177. The zero-order chi connectivity index (χ0) is 19.4. The Morgan fingerprint density at radius 1 is 1.30 bits per heavy atom. The van der Waals surface area contributed by atoms with E-state index in [1.54, 1.807) is 11.0 Å². The minimum atomic E-state index is -4.45. The molecule has 0 unspecified atom stereocenters. The third kappa shape index (κ3) is 5.35. The van der Waals surface area contributed by atoms with Crippen molar-refractivity contribution in [3.63, 3.8) is 0 Å². The smallest absolute Gasteiger partial charge is 0.416 e. The van der Waals surface area contributed by atoms with E-state index in [1.165, 1.54) is 0 Å². The highest BCUT2D eigenvalue weighted by atomic mass is 35.5. The molecule has 0 N–H and O–H groups in total. The first-order chi connectivity index (χ1) is 12.8. The molecule has 2 heterocycles. The number of carbonyl (C=O) groups is 1. The summed E-state index contributed by atoms with van der Waals surface area (Å²) in [5.74, 6) is -0.0962. The molecule has 1 saturated heterocycles. The molecule has 0 bridgehead atoms. The lowest BCUT2D eigenvalue weighted by atomic mass is 10.1. The molecule has 0 radical (unpaired) electrons. The van der Waals surface area contributed by atoms with Crippen LogP contribution in [0.2, 0.25) is 5.02 Å². The van der Waals surface area contributed by atoms with Crippen molar-refractivity contribution >= 4 is 17.5 Å². The quantitative estimate of drug-likeness (QED) is 0.751. The van der Waals surface area contributed by atoms with Crippen molar-refractivity contribution < 1.29 is 22.7 Å². The van der Waals surface area contributed by atoms with E-state index in [9.17, 15) is 18.0 Å². The Kier molecular flexibility index (Phi) is 5.89. The van der Waals surface area contributed by atoms with Gasteiger partial charge < -0.3 is 9.64 Å². The van der Waals surface area contributed by atoms with Crippen molar-refractivity contribution in [2.75, 3.05) is 13.1 Å². The topological polar surface area (TPSA) is 42.4 Å². The number of hydrogen-bond acceptors (Lipinski definition) is 3. The highest BCUT2D eigenvalue weighted by Gasteiger charge is 2.32. The van der Waals surface area contributed by atoms with Crippen LogP contribution in [0.15, 0.2) is 42.6 Å². The number of aromatic nitrogens is 1. The number of likely N-dealkylation sites (tertiary alicyclic amines) is 1. The van der Waals surface area contributed by atoms with Gasteiger partial charge in [-0.1, -0.05) is 23.7 Å². The summed E-state index contributed by atoms with van der Waals surface area (Å²) in [7, 11) is 0. The normalized spacial score (nSPS) is 17.2. The largest absolute Gasteiger partial charge is 0.472 e. The highest BCUT2D eigenvalue weighted by molar-refractivity contribution is 6.30. The van der Waals surface area contributed by atoms with E-state index in [0.717, 1.165) is 23.9 Å². The summed E-state index contributed by atoms with van der Waals surface area (Å²) < 4.78 is 43.8. The van der Waals surface area contributed by atoms with Gasteiger partial charge in [0.05, 0.1) is 12.1 Å². The minimum Gasteiger partial charge on any atom is -0.472 e. The third-order valence-electron chi connectivity index (χ3n) is 4.36. The number of alkyl halides is 3. The fourth-order valence-corrected chi connectivity index (χ4v) is 3.19. The Labute approximate surface area is 159 Å². The molecule has 1 amide bonds. The first-order valence-corrected chi connectivity index (χ1v) is 8.91. The highest BCUT2D eigenvalue weighted by Crippen LogP contribution is 2.31. The molecule has 3 rings (SSSR count). The summed E-state index contributed by atoms with van der Waals surface area (Å²) in [6, 6.07) is 9.12. The lowest BCUT2D eigenvalue weighted by Crippen LogP contribution is -2.31. The lowest BCUT2D eigenvalue weighted by Gasteiger charge is -2.17. The zero-order valence-corrected chi connectivity index (χ0v) is 15.1. The number of benzene rings is 1. The molecule has 0 aliphatic carbocycles. The lowest BCUT2D eigenvalue weighted by molar-refractivity contribution is -0.137. The summed E-state index contributed by atoms with van der Waals surface area (Å²) in [4.78, 5) is 17.9. The maximum atomic E-state index is 12.8. The van der Waals surface area contributed by atoms with E-state index in [2.05, 4.69) is 4.98 Å². The van der Waals surface area contributed by atoms with Crippen molar-refractivity contribution in [3.05, 3.63) is 58.7 Å². The van der Waals surface area contributed by atoms with Crippen molar-refractivity contribution in [2.24, 2.45) is 0 Å². The van der Waals surface area contributed by atoms with Gasteiger partial charge in [0.25, 0.3) is 0 Å². The Morgan fingerprint density at radius 2 is 2.11 bits per heavy atom. The average molecular weight is 399 g/mol. The second-order valence-electron chi connectivity index (χ2n) is 6.38. The number of halogens is 4. The van der Waals surface area contributed by atoms with Crippen molar-refractivity contribution in [1.82, 2.24) is 9.88 Å². The Bertz CT molecular complexity index is 814. The first-order valence-electron chi connectivity index (χ1n) is 8.53. The van der Waals surface area contributed by atoms with Crippen molar-refractivity contribution in [1.29, 1.82) is 0 Å². The molecule has 2 aromatic rings. The van der Waals surface area contributed by atoms with Crippen LogP contribution in [0.4, 0.5) is 13.2 Å². The van der Waals surface area contributed by atoms with E-state index < -0.39 is 11.7 Å². The number of rotatable bonds is 5. The average Bonchev–Trinajstić information content (AvgIpc) is 3.08. The number of ether oxygens (including phenoxy) is 1. The predicted octanol–water partition coefficient (Wildman–Crippen LogP) is 4.37. The van der Waals surface area contributed by atoms with Crippen LogP contribution in [-0.2, 0) is 17.4 Å². The fraction of sp³-hybridized carbons (Fsp3) is 0.368. The van der Waals surface area contributed by atoms with Crippen LogP contribution < -0.4 is 4.74 Å². The number of aryl methyl sites for hydroxylation is 1. The molecule has 4 nitrogen and oxygen atoms in total. The van der Waals surface area contributed by atoms with Gasteiger partial charge in [-0.15, -0.1) is 0 Å². The van der Waals surface area contributed by atoms with E-state index >= 15 is 0 Å². The molecule has 1 aliphatic rings. The van der Waals surface area contributed by atoms with E-state index in [0.29, 0.717) is 37.4 Å². The van der Waals surface area contributed by atoms with Gasteiger partial charge in [0.15, 0.2) is 0 Å². The second-order valence-corrected chi connectivity index (χ2v) is 6.82. The van der Waals surface area contributed by atoms with Crippen LogP contribution in [-0.4, -0.2) is 35.0 Å². The summed E-state index contributed by atoms with van der Waals surface area (Å²) >= 11 is 5.93. The summed E-state index contributed by atoms with van der Waals surface area (Å²) in [6.07, 6.45) is -2.26. The molecule has 1 aromatic heterocycles. The molecule has 1 aliphatic heterocycles. The molecule has 1 atom stereocenters. The van der Waals surface area contributed by atoms with Gasteiger partial charge in [0, 0.05) is 36.7 Å². The molecule has 144 valence electrons. The SMILES string of the molecule is O=C(CCc1cccc(Cl)c1)N1CC[C@H](Oc2cc(C(F)(F)F)ccn2)C1. The van der Waals surface area contributed by atoms with Crippen LogP contribution in [0.1, 0.15) is 24.0 Å². The first kappa shape index (κ1) is 19.5. The molecule has 0 saturated carbocycles. The van der Waals surface area contributed by atoms with Crippen molar-refractivity contribution in [3.8, 4) is 5.88 Å². The monoisotopic (exact) mass is 398 g/mol.